The van der Waals surface area contributed by atoms with Crippen LogP contribution in [0.3, 0.4) is 0 Å². The average molecular weight is 280 g/mol. The summed E-state index contributed by atoms with van der Waals surface area (Å²) in [5.74, 6) is 0. The molecule has 0 bridgehead atoms. The molecule has 0 amide bonds. The van der Waals surface area contributed by atoms with Gasteiger partial charge >= 0.3 is 0 Å². The van der Waals surface area contributed by atoms with Crippen molar-refractivity contribution in [3.63, 3.8) is 0 Å². The summed E-state index contributed by atoms with van der Waals surface area (Å²) in [5.41, 5.74) is 1.90. The lowest BCUT2D eigenvalue weighted by Crippen LogP contribution is -2.03. The van der Waals surface area contributed by atoms with Crippen LogP contribution < -0.4 is 5.32 Å². The number of nitriles is 1. The first-order valence-corrected chi connectivity index (χ1v) is 6.34. The molecule has 0 unspecified atom stereocenters. The number of pyridine rings is 1. The van der Waals surface area contributed by atoms with Crippen molar-refractivity contribution in [1.82, 2.24) is 4.98 Å². The van der Waals surface area contributed by atoms with Gasteiger partial charge in [-0.2, -0.15) is 5.26 Å². The number of anilines is 1. The first kappa shape index (κ1) is 12.9. The highest BCUT2D eigenvalue weighted by molar-refractivity contribution is 6.39. The molecule has 5 heteroatoms. The van der Waals surface area contributed by atoms with Gasteiger partial charge in [0.05, 0.1) is 21.8 Å². The number of halogens is 2. The molecule has 0 saturated carbocycles. The zero-order chi connectivity index (χ0) is 13.1. The molecular formula is C13H11Cl2N3. The molecule has 92 valence electrons. The summed E-state index contributed by atoms with van der Waals surface area (Å²) in [6.07, 6.45) is 2.49. The Hall–Kier alpha value is -1.50. The minimum absolute atomic E-state index is 0.486. The molecule has 2 rings (SSSR count). The lowest BCUT2D eigenvalue weighted by molar-refractivity contribution is 0.980. The first-order chi connectivity index (χ1) is 8.67. The maximum Gasteiger partial charge on any atom is 0.103 e. The Morgan fingerprint density at radius 2 is 2.17 bits per heavy atom. The third-order valence-corrected chi connectivity index (χ3v) is 3.07. The Bertz CT molecular complexity index is 632. The number of hydrogen-bond acceptors (Lipinski definition) is 3. The van der Waals surface area contributed by atoms with Gasteiger partial charge in [0, 0.05) is 23.2 Å². The molecule has 2 aromatic rings. The van der Waals surface area contributed by atoms with Crippen molar-refractivity contribution in [1.29, 1.82) is 5.26 Å². The first-order valence-electron chi connectivity index (χ1n) is 5.59. The van der Waals surface area contributed by atoms with Crippen molar-refractivity contribution in [2.45, 2.75) is 13.3 Å². The Balaban J connectivity index is 2.73. The lowest BCUT2D eigenvalue weighted by atomic mass is 10.1. The SMILES string of the molecule is CCCNc1c(C#N)cnc2cc(Cl)cc(Cl)c12. The fourth-order valence-electron chi connectivity index (χ4n) is 1.76. The van der Waals surface area contributed by atoms with Gasteiger partial charge in [0.1, 0.15) is 6.07 Å². The van der Waals surface area contributed by atoms with Crippen molar-refractivity contribution < 1.29 is 0 Å². The predicted molar refractivity (Wildman–Crippen MR) is 75.3 cm³/mol. The van der Waals surface area contributed by atoms with Crippen LogP contribution in [0.5, 0.6) is 0 Å². The second-order valence-electron chi connectivity index (χ2n) is 3.87. The molecule has 1 heterocycles. The number of fused-ring (bicyclic) bond motifs is 1. The number of rotatable bonds is 3. The number of nitrogens with zero attached hydrogens (tertiary/aromatic N) is 2. The van der Waals surface area contributed by atoms with E-state index in [1.165, 1.54) is 6.20 Å². The standard InChI is InChI=1S/C13H11Cl2N3/c1-2-3-17-13-8(6-16)7-18-11-5-9(14)4-10(15)12(11)13/h4-5,7H,2-3H2,1H3,(H,17,18). The largest absolute Gasteiger partial charge is 0.383 e. The van der Waals surface area contributed by atoms with Gasteiger partial charge in [-0.05, 0) is 18.6 Å². The van der Waals surface area contributed by atoms with Crippen LogP contribution in [0, 0.1) is 11.3 Å². The highest BCUT2D eigenvalue weighted by Crippen LogP contribution is 2.34. The van der Waals surface area contributed by atoms with Gasteiger partial charge in [0.25, 0.3) is 0 Å². The fraction of sp³-hybridized carbons (Fsp3) is 0.231. The smallest absolute Gasteiger partial charge is 0.103 e. The Labute approximate surface area is 115 Å². The van der Waals surface area contributed by atoms with E-state index in [-0.39, 0.29) is 0 Å². The van der Waals surface area contributed by atoms with E-state index >= 15 is 0 Å². The Morgan fingerprint density at radius 3 is 2.83 bits per heavy atom. The van der Waals surface area contributed by atoms with Crippen molar-refractivity contribution in [3.8, 4) is 6.07 Å². The average Bonchev–Trinajstić information content (AvgIpc) is 2.35. The molecule has 0 spiro atoms. The summed E-state index contributed by atoms with van der Waals surface area (Å²) in [6.45, 7) is 2.83. The molecule has 0 fully saturated rings. The van der Waals surface area contributed by atoms with Crippen molar-refractivity contribution in [2.75, 3.05) is 11.9 Å². The van der Waals surface area contributed by atoms with Crippen molar-refractivity contribution in [2.24, 2.45) is 0 Å². The second kappa shape index (κ2) is 5.43. The monoisotopic (exact) mass is 279 g/mol. The predicted octanol–water partition coefficient (Wildman–Crippen LogP) is 4.24. The molecule has 3 nitrogen and oxygen atoms in total. The van der Waals surface area contributed by atoms with Gasteiger partial charge in [0.2, 0.25) is 0 Å². The zero-order valence-corrected chi connectivity index (χ0v) is 11.3. The number of aromatic nitrogens is 1. The second-order valence-corrected chi connectivity index (χ2v) is 4.71. The Kier molecular flexibility index (Phi) is 3.90. The van der Waals surface area contributed by atoms with E-state index in [1.807, 2.05) is 0 Å². The third kappa shape index (κ3) is 2.35. The van der Waals surface area contributed by atoms with E-state index in [0.29, 0.717) is 21.1 Å². The molecule has 0 aliphatic heterocycles. The number of nitrogens with one attached hydrogen (secondary N) is 1. The summed E-state index contributed by atoms with van der Waals surface area (Å²) >= 11 is 12.1. The number of hydrogen-bond donors (Lipinski definition) is 1. The quantitative estimate of drug-likeness (QED) is 0.915. The van der Waals surface area contributed by atoms with E-state index in [2.05, 4.69) is 23.3 Å². The van der Waals surface area contributed by atoms with E-state index in [0.717, 1.165) is 24.0 Å². The molecule has 0 radical (unpaired) electrons. The highest BCUT2D eigenvalue weighted by atomic mass is 35.5. The summed E-state index contributed by atoms with van der Waals surface area (Å²) in [4.78, 5) is 4.21. The fourth-order valence-corrected chi connectivity index (χ4v) is 2.34. The van der Waals surface area contributed by atoms with Crippen LogP contribution in [0.2, 0.25) is 10.0 Å². The molecule has 0 saturated heterocycles. The van der Waals surface area contributed by atoms with Gasteiger partial charge in [-0.3, -0.25) is 4.98 Å². The molecule has 1 aromatic heterocycles. The van der Waals surface area contributed by atoms with Gasteiger partial charge in [0.15, 0.2) is 0 Å². The minimum Gasteiger partial charge on any atom is -0.383 e. The summed E-state index contributed by atoms with van der Waals surface area (Å²) in [5, 5.41) is 14.1. The van der Waals surface area contributed by atoms with Gasteiger partial charge in [-0.15, -0.1) is 0 Å². The van der Waals surface area contributed by atoms with E-state index in [9.17, 15) is 0 Å². The van der Waals surface area contributed by atoms with Crippen LogP contribution in [0.15, 0.2) is 18.3 Å². The summed E-state index contributed by atoms with van der Waals surface area (Å²) in [7, 11) is 0. The van der Waals surface area contributed by atoms with Crippen molar-refractivity contribution in [3.05, 3.63) is 33.9 Å². The number of benzene rings is 1. The normalized spacial score (nSPS) is 10.3. The summed E-state index contributed by atoms with van der Waals surface area (Å²) in [6, 6.07) is 5.52. The Morgan fingerprint density at radius 1 is 1.39 bits per heavy atom. The zero-order valence-electron chi connectivity index (χ0n) is 9.80. The summed E-state index contributed by atoms with van der Waals surface area (Å²) < 4.78 is 0. The molecule has 0 aliphatic carbocycles. The maximum atomic E-state index is 9.12. The van der Waals surface area contributed by atoms with Crippen LogP contribution >= 0.6 is 23.2 Å². The van der Waals surface area contributed by atoms with E-state index in [1.54, 1.807) is 12.1 Å². The molecule has 0 aliphatic rings. The molecule has 18 heavy (non-hydrogen) atoms. The van der Waals surface area contributed by atoms with E-state index in [4.69, 9.17) is 28.5 Å². The van der Waals surface area contributed by atoms with Crippen LogP contribution in [0.25, 0.3) is 10.9 Å². The van der Waals surface area contributed by atoms with Gasteiger partial charge in [-0.25, -0.2) is 0 Å². The molecular weight excluding hydrogens is 269 g/mol. The van der Waals surface area contributed by atoms with Crippen LogP contribution in [-0.2, 0) is 0 Å². The van der Waals surface area contributed by atoms with Gasteiger partial charge in [-0.1, -0.05) is 30.1 Å². The van der Waals surface area contributed by atoms with Crippen LogP contribution in [0.4, 0.5) is 5.69 Å². The lowest BCUT2D eigenvalue weighted by Gasteiger charge is -2.11. The third-order valence-electron chi connectivity index (χ3n) is 2.56. The maximum absolute atomic E-state index is 9.12. The van der Waals surface area contributed by atoms with Crippen LogP contribution in [-0.4, -0.2) is 11.5 Å². The highest BCUT2D eigenvalue weighted by Gasteiger charge is 2.12. The molecule has 1 aromatic carbocycles. The molecule has 0 atom stereocenters. The van der Waals surface area contributed by atoms with E-state index < -0.39 is 0 Å². The van der Waals surface area contributed by atoms with Crippen molar-refractivity contribution >= 4 is 39.8 Å². The topological polar surface area (TPSA) is 48.7 Å². The molecule has 1 N–H and O–H groups in total. The van der Waals surface area contributed by atoms with Gasteiger partial charge < -0.3 is 5.32 Å². The minimum atomic E-state index is 0.486. The van der Waals surface area contributed by atoms with Crippen LogP contribution in [0.1, 0.15) is 18.9 Å².